The molecule has 4 nitrogen and oxygen atoms in total. The number of rotatable bonds is 7. The van der Waals surface area contributed by atoms with E-state index in [2.05, 4.69) is 25.7 Å². The highest BCUT2D eigenvalue weighted by molar-refractivity contribution is 6.00. The Kier molecular flexibility index (Phi) is 6.96. The number of carbonyl (C=O) groups excluding carboxylic acids is 1. The molecule has 0 aliphatic carbocycles. The first kappa shape index (κ1) is 21.9. The molecule has 4 heteroatoms. The Morgan fingerprint density at radius 3 is 2.32 bits per heavy atom. The summed E-state index contributed by atoms with van der Waals surface area (Å²) in [6, 6.07) is 17.4. The largest absolute Gasteiger partial charge is 0.474 e. The van der Waals surface area contributed by atoms with Crippen molar-refractivity contribution in [2.24, 2.45) is 0 Å². The quantitative estimate of drug-likeness (QED) is 0.523. The first-order chi connectivity index (χ1) is 15.0. The molecule has 1 unspecified atom stereocenters. The zero-order chi connectivity index (χ0) is 21.8. The Balaban J connectivity index is 1.38. The van der Waals surface area contributed by atoms with E-state index in [4.69, 9.17) is 4.74 Å². The summed E-state index contributed by atoms with van der Waals surface area (Å²) in [4.78, 5) is 18.0. The normalized spacial score (nSPS) is 24.0. The molecule has 2 aromatic rings. The van der Waals surface area contributed by atoms with Gasteiger partial charge in [0, 0.05) is 24.2 Å². The van der Waals surface area contributed by atoms with Crippen LogP contribution in [-0.2, 0) is 4.79 Å². The molecule has 0 aromatic heterocycles. The van der Waals surface area contributed by atoms with Crippen molar-refractivity contribution < 1.29 is 9.53 Å². The van der Waals surface area contributed by atoms with Gasteiger partial charge in [-0.15, -0.1) is 0 Å². The van der Waals surface area contributed by atoms with Crippen LogP contribution in [-0.4, -0.2) is 36.0 Å². The molecule has 1 amide bonds. The van der Waals surface area contributed by atoms with Gasteiger partial charge in [-0.25, -0.2) is 0 Å². The summed E-state index contributed by atoms with van der Waals surface area (Å²) in [7, 11) is 0. The van der Waals surface area contributed by atoms with Crippen LogP contribution in [0.5, 0.6) is 5.75 Å². The van der Waals surface area contributed by atoms with E-state index in [-0.39, 0.29) is 5.91 Å². The summed E-state index contributed by atoms with van der Waals surface area (Å²) >= 11 is 0. The predicted octanol–water partition coefficient (Wildman–Crippen LogP) is 5.89. The van der Waals surface area contributed by atoms with Gasteiger partial charge in [0.15, 0.2) is 0 Å². The molecular formula is C27H36N2O2. The minimum atomic E-state index is -0.564. The number of unbranched alkanes of at least 4 members (excludes halogenated alkanes) is 2. The Labute approximate surface area is 187 Å². The SMILES string of the molecule is Cc1ccc(C2Oc3ccccc3N(CCCCCN3[C@H](C)CCC[C@@H]3C)C2=O)cc1. The van der Waals surface area contributed by atoms with Crippen molar-refractivity contribution in [2.45, 2.75) is 77.5 Å². The van der Waals surface area contributed by atoms with E-state index in [9.17, 15) is 4.79 Å². The van der Waals surface area contributed by atoms with Gasteiger partial charge in [0.05, 0.1) is 5.69 Å². The van der Waals surface area contributed by atoms with E-state index in [1.54, 1.807) is 0 Å². The lowest BCUT2D eigenvalue weighted by atomic mass is 9.97. The predicted molar refractivity (Wildman–Crippen MR) is 127 cm³/mol. The van der Waals surface area contributed by atoms with Gasteiger partial charge in [-0.1, -0.05) is 54.8 Å². The second kappa shape index (κ2) is 9.86. The van der Waals surface area contributed by atoms with Crippen molar-refractivity contribution in [3.63, 3.8) is 0 Å². The highest BCUT2D eigenvalue weighted by atomic mass is 16.5. The van der Waals surface area contributed by atoms with Crippen LogP contribution < -0.4 is 9.64 Å². The van der Waals surface area contributed by atoms with E-state index in [1.165, 1.54) is 37.8 Å². The molecule has 31 heavy (non-hydrogen) atoms. The number of para-hydroxylation sites is 2. The fourth-order valence-electron chi connectivity index (χ4n) is 5.06. The maximum Gasteiger partial charge on any atom is 0.272 e. The van der Waals surface area contributed by atoms with Gasteiger partial charge in [-0.05, 0) is 65.1 Å². The molecular weight excluding hydrogens is 384 g/mol. The first-order valence-electron chi connectivity index (χ1n) is 11.9. The van der Waals surface area contributed by atoms with Crippen LogP contribution in [0.15, 0.2) is 48.5 Å². The van der Waals surface area contributed by atoms with Crippen molar-refractivity contribution in [3.05, 3.63) is 59.7 Å². The van der Waals surface area contributed by atoms with Crippen molar-refractivity contribution in [3.8, 4) is 5.75 Å². The lowest BCUT2D eigenvalue weighted by molar-refractivity contribution is -0.126. The third-order valence-corrected chi connectivity index (χ3v) is 6.95. The summed E-state index contributed by atoms with van der Waals surface area (Å²) in [6.45, 7) is 8.70. The maximum absolute atomic E-state index is 13.4. The van der Waals surface area contributed by atoms with Crippen LogP contribution >= 0.6 is 0 Å². The van der Waals surface area contributed by atoms with E-state index < -0.39 is 6.10 Å². The number of benzene rings is 2. The Morgan fingerprint density at radius 1 is 0.903 bits per heavy atom. The summed E-state index contributed by atoms with van der Waals surface area (Å²) in [5.74, 6) is 0.837. The molecule has 0 saturated carbocycles. The number of carbonyl (C=O) groups is 1. The summed E-state index contributed by atoms with van der Waals surface area (Å²) in [5.41, 5.74) is 3.00. The fourth-order valence-corrected chi connectivity index (χ4v) is 5.06. The maximum atomic E-state index is 13.4. The lowest BCUT2D eigenvalue weighted by Crippen LogP contribution is -2.44. The van der Waals surface area contributed by atoms with Gasteiger partial charge in [0.2, 0.25) is 6.10 Å². The molecule has 0 bridgehead atoms. The van der Waals surface area contributed by atoms with Crippen molar-refractivity contribution in [1.29, 1.82) is 0 Å². The molecule has 166 valence electrons. The number of hydrogen-bond acceptors (Lipinski definition) is 3. The van der Waals surface area contributed by atoms with E-state index >= 15 is 0 Å². The number of fused-ring (bicyclic) bond motifs is 1. The van der Waals surface area contributed by atoms with Crippen LogP contribution in [0.25, 0.3) is 0 Å². The third kappa shape index (κ3) is 4.95. The molecule has 2 aliphatic heterocycles. The molecule has 2 heterocycles. The molecule has 0 radical (unpaired) electrons. The molecule has 4 rings (SSSR count). The number of nitrogens with zero attached hydrogens (tertiary/aromatic N) is 2. The minimum absolute atomic E-state index is 0.0424. The number of likely N-dealkylation sites (tertiary alicyclic amines) is 1. The Morgan fingerprint density at radius 2 is 1.58 bits per heavy atom. The third-order valence-electron chi connectivity index (χ3n) is 6.95. The van der Waals surface area contributed by atoms with Crippen molar-refractivity contribution >= 4 is 11.6 Å². The number of anilines is 1. The highest BCUT2D eigenvalue weighted by Crippen LogP contribution is 2.39. The van der Waals surface area contributed by atoms with Gasteiger partial charge >= 0.3 is 0 Å². The van der Waals surface area contributed by atoms with Gasteiger partial charge in [0.1, 0.15) is 5.75 Å². The lowest BCUT2D eigenvalue weighted by Gasteiger charge is -2.39. The van der Waals surface area contributed by atoms with Gasteiger partial charge in [-0.2, -0.15) is 0 Å². The second-order valence-electron chi connectivity index (χ2n) is 9.29. The standard InChI is InChI=1S/C27H36N2O2/c1-20-14-16-23(17-15-20)26-27(30)29(24-12-5-6-13-25(24)31-26)19-8-4-7-18-28-21(2)10-9-11-22(28)3/h5-6,12-17,21-22,26H,4,7-11,18-19H2,1-3H3/t21-,22+,26?. The molecule has 2 aliphatic rings. The number of piperidine rings is 1. The van der Waals surface area contributed by atoms with Gasteiger partial charge < -0.3 is 9.64 Å². The first-order valence-corrected chi connectivity index (χ1v) is 11.9. The molecule has 3 atom stereocenters. The molecule has 1 saturated heterocycles. The van der Waals surface area contributed by atoms with Gasteiger partial charge in [-0.3, -0.25) is 9.69 Å². The van der Waals surface area contributed by atoms with Crippen LogP contribution in [0, 0.1) is 6.92 Å². The smallest absolute Gasteiger partial charge is 0.272 e. The number of hydrogen-bond donors (Lipinski definition) is 0. The fraction of sp³-hybridized carbons (Fsp3) is 0.519. The van der Waals surface area contributed by atoms with E-state index in [0.29, 0.717) is 12.1 Å². The monoisotopic (exact) mass is 420 g/mol. The number of amides is 1. The average molecular weight is 421 g/mol. The molecule has 1 fully saturated rings. The Hall–Kier alpha value is -2.33. The number of ether oxygens (including phenoxy) is 1. The zero-order valence-corrected chi connectivity index (χ0v) is 19.2. The summed E-state index contributed by atoms with van der Waals surface area (Å²) in [5, 5.41) is 0. The summed E-state index contributed by atoms with van der Waals surface area (Å²) < 4.78 is 6.13. The van der Waals surface area contributed by atoms with Crippen LogP contribution in [0.4, 0.5) is 5.69 Å². The highest BCUT2D eigenvalue weighted by Gasteiger charge is 2.35. The molecule has 0 spiro atoms. The van der Waals surface area contributed by atoms with Crippen molar-refractivity contribution in [2.75, 3.05) is 18.0 Å². The average Bonchev–Trinajstić information content (AvgIpc) is 2.77. The zero-order valence-electron chi connectivity index (χ0n) is 19.2. The van der Waals surface area contributed by atoms with E-state index in [1.807, 2.05) is 53.4 Å². The Bertz CT molecular complexity index is 869. The van der Waals surface area contributed by atoms with Gasteiger partial charge in [0.25, 0.3) is 5.91 Å². The minimum Gasteiger partial charge on any atom is -0.474 e. The molecule has 2 aromatic carbocycles. The molecule has 0 N–H and O–H groups in total. The van der Waals surface area contributed by atoms with Crippen LogP contribution in [0.3, 0.4) is 0 Å². The second-order valence-corrected chi connectivity index (χ2v) is 9.29. The summed E-state index contributed by atoms with van der Waals surface area (Å²) in [6.07, 6.45) is 6.78. The topological polar surface area (TPSA) is 32.8 Å². The van der Waals surface area contributed by atoms with Crippen LogP contribution in [0.2, 0.25) is 0 Å². The van der Waals surface area contributed by atoms with Crippen LogP contribution in [0.1, 0.15) is 69.6 Å². The van der Waals surface area contributed by atoms with Crippen molar-refractivity contribution in [1.82, 2.24) is 4.90 Å². The number of aryl methyl sites for hydroxylation is 1. The van der Waals surface area contributed by atoms with E-state index in [0.717, 1.165) is 36.4 Å².